The van der Waals surface area contributed by atoms with Crippen molar-refractivity contribution in [2.45, 2.75) is 13.0 Å². The lowest BCUT2D eigenvalue weighted by atomic mass is 10.1. The number of hydrogen-bond acceptors (Lipinski definition) is 5. The van der Waals surface area contributed by atoms with Gasteiger partial charge in [-0.25, -0.2) is 0 Å². The molecule has 7 heteroatoms. The molecule has 3 rings (SSSR count). The number of ether oxygens (including phenoxy) is 1. The molecule has 3 N–H and O–H groups in total. The molecule has 0 spiro atoms. The molecule has 0 fully saturated rings. The van der Waals surface area contributed by atoms with E-state index < -0.39 is 6.10 Å². The Labute approximate surface area is 155 Å². The second-order valence-corrected chi connectivity index (χ2v) is 6.11. The molecule has 26 heavy (non-hydrogen) atoms. The van der Waals surface area contributed by atoms with E-state index in [-0.39, 0.29) is 24.0 Å². The van der Waals surface area contributed by atoms with Gasteiger partial charge in [-0.2, -0.15) is 4.98 Å². The molecule has 0 aliphatic rings. The van der Waals surface area contributed by atoms with Crippen LogP contribution in [0.15, 0.2) is 59.4 Å². The summed E-state index contributed by atoms with van der Waals surface area (Å²) >= 11 is 6.10. The largest absolute Gasteiger partial charge is 0.474 e. The van der Waals surface area contributed by atoms with Gasteiger partial charge in [0.2, 0.25) is 11.8 Å². The third kappa shape index (κ3) is 4.41. The van der Waals surface area contributed by atoms with Crippen molar-refractivity contribution < 1.29 is 9.84 Å². The van der Waals surface area contributed by atoms with Gasteiger partial charge in [0.25, 0.3) is 5.56 Å². The first kappa shape index (κ1) is 18.0. The van der Waals surface area contributed by atoms with E-state index in [0.717, 1.165) is 16.8 Å². The number of hydrogen-bond donors (Lipinski definition) is 3. The van der Waals surface area contributed by atoms with Gasteiger partial charge in [-0.1, -0.05) is 48.0 Å². The Morgan fingerprint density at radius 3 is 2.77 bits per heavy atom. The van der Waals surface area contributed by atoms with Crippen molar-refractivity contribution in [3.63, 3.8) is 0 Å². The minimum atomic E-state index is -0.816. The number of H-pyrrole nitrogens is 1. The third-order valence-electron chi connectivity index (χ3n) is 3.81. The Kier molecular flexibility index (Phi) is 5.55. The van der Waals surface area contributed by atoms with Gasteiger partial charge < -0.3 is 15.2 Å². The van der Waals surface area contributed by atoms with Crippen molar-refractivity contribution in [1.29, 1.82) is 0 Å². The van der Waals surface area contributed by atoms with Crippen molar-refractivity contribution in [3.05, 3.63) is 81.1 Å². The molecule has 0 aliphatic heterocycles. The minimum Gasteiger partial charge on any atom is -0.474 e. The first-order chi connectivity index (χ1) is 12.5. The van der Waals surface area contributed by atoms with Gasteiger partial charge >= 0.3 is 0 Å². The quantitative estimate of drug-likeness (QED) is 0.616. The number of anilines is 2. The fourth-order valence-electron chi connectivity index (χ4n) is 2.37. The van der Waals surface area contributed by atoms with Crippen LogP contribution in [0.3, 0.4) is 0 Å². The number of halogens is 1. The molecule has 1 heterocycles. The lowest BCUT2D eigenvalue weighted by molar-refractivity contribution is 0.105. The number of nitrogens with zero attached hydrogens (tertiary/aromatic N) is 1. The number of aliphatic hydroxyl groups is 1. The van der Waals surface area contributed by atoms with Gasteiger partial charge in [0.1, 0.15) is 12.7 Å². The summed E-state index contributed by atoms with van der Waals surface area (Å²) in [4.78, 5) is 18.7. The maximum Gasteiger partial charge on any atom is 0.256 e. The summed E-state index contributed by atoms with van der Waals surface area (Å²) < 4.78 is 5.49. The van der Waals surface area contributed by atoms with Crippen molar-refractivity contribution in [3.8, 4) is 5.88 Å². The summed E-state index contributed by atoms with van der Waals surface area (Å²) in [6, 6.07) is 15.8. The number of rotatable bonds is 6. The molecule has 1 unspecified atom stereocenters. The van der Waals surface area contributed by atoms with E-state index in [0.29, 0.717) is 5.02 Å². The first-order valence-corrected chi connectivity index (χ1v) is 8.40. The van der Waals surface area contributed by atoms with Crippen molar-refractivity contribution in [2.75, 3.05) is 11.9 Å². The molecule has 1 aromatic heterocycles. The van der Waals surface area contributed by atoms with E-state index in [9.17, 15) is 9.90 Å². The molecule has 0 saturated heterocycles. The van der Waals surface area contributed by atoms with Gasteiger partial charge in [0.15, 0.2) is 0 Å². The van der Waals surface area contributed by atoms with Crippen LogP contribution in [-0.2, 0) is 0 Å². The van der Waals surface area contributed by atoms with Gasteiger partial charge in [0, 0.05) is 10.7 Å². The Balaban J connectivity index is 1.73. The minimum absolute atomic E-state index is 0.0178. The van der Waals surface area contributed by atoms with Gasteiger partial charge in [-0.3, -0.25) is 9.78 Å². The monoisotopic (exact) mass is 371 g/mol. The molecule has 0 saturated carbocycles. The highest BCUT2D eigenvalue weighted by Crippen LogP contribution is 2.25. The molecule has 0 radical (unpaired) electrons. The normalized spacial score (nSPS) is 11.8. The number of aliphatic hydroxyl groups excluding tert-OH is 1. The fourth-order valence-corrected chi connectivity index (χ4v) is 2.55. The van der Waals surface area contributed by atoms with Crippen molar-refractivity contribution in [2.24, 2.45) is 0 Å². The molecule has 2 aromatic carbocycles. The van der Waals surface area contributed by atoms with Crippen LogP contribution in [0.25, 0.3) is 0 Å². The van der Waals surface area contributed by atoms with Crippen LogP contribution >= 0.6 is 11.6 Å². The molecule has 0 bridgehead atoms. The van der Waals surface area contributed by atoms with Gasteiger partial charge in [-0.15, -0.1) is 0 Å². The van der Waals surface area contributed by atoms with Crippen LogP contribution in [0.5, 0.6) is 5.88 Å². The molecular weight excluding hydrogens is 354 g/mol. The second kappa shape index (κ2) is 8.03. The van der Waals surface area contributed by atoms with Gasteiger partial charge in [0.05, 0.1) is 6.07 Å². The van der Waals surface area contributed by atoms with Crippen molar-refractivity contribution >= 4 is 23.2 Å². The van der Waals surface area contributed by atoms with E-state index in [4.69, 9.17) is 16.3 Å². The summed E-state index contributed by atoms with van der Waals surface area (Å²) in [5.74, 6) is 0.345. The molecule has 1 atom stereocenters. The smallest absolute Gasteiger partial charge is 0.256 e. The first-order valence-electron chi connectivity index (χ1n) is 8.02. The second-order valence-electron chi connectivity index (χ2n) is 5.71. The van der Waals surface area contributed by atoms with E-state index in [1.54, 1.807) is 24.3 Å². The summed E-state index contributed by atoms with van der Waals surface area (Å²) in [6.07, 6.45) is -0.816. The maximum atomic E-state index is 11.9. The zero-order valence-electron chi connectivity index (χ0n) is 14.1. The standard InChI is InChI=1S/C19H18ClN3O3/c1-12-14(20)8-5-9-15(12)21-19-22-17(25)10-18(23-19)26-11-16(24)13-6-3-2-4-7-13/h2-10,16,24H,11H2,1H3,(H2,21,22,23,25). The maximum absolute atomic E-state index is 11.9. The number of benzene rings is 2. The summed E-state index contributed by atoms with van der Waals surface area (Å²) in [5, 5.41) is 13.8. The van der Waals surface area contributed by atoms with E-state index >= 15 is 0 Å². The van der Waals surface area contributed by atoms with E-state index in [1.807, 2.05) is 31.2 Å². The Morgan fingerprint density at radius 2 is 2.00 bits per heavy atom. The van der Waals surface area contributed by atoms with Crippen LogP contribution in [0, 0.1) is 6.92 Å². The zero-order chi connectivity index (χ0) is 18.5. The van der Waals surface area contributed by atoms with Crippen LogP contribution < -0.4 is 15.6 Å². The lowest BCUT2D eigenvalue weighted by Crippen LogP contribution is -2.15. The predicted octanol–water partition coefficient (Wildman–Crippen LogP) is 3.59. The van der Waals surface area contributed by atoms with E-state index in [1.165, 1.54) is 6.07 Å². The predicted molar refractivity (Wildman–Crippen MR) is 101 cm³/mol. The van der Waals surface area contributed by atoms with E-state index in [2.05, 4.69) is 15.3 Å². The lowest BCUT2D eigenvalue weighted by Gasteiger charge is -2.13. The van der Waals surface area contributed by atoms with Crippen LogP contribution in [0.2, 0.25) is 5.02 Å². The number of nitrogens with one attached hydrogen (secondary N) is 2. The zero-order valence-corrected chi connectivity index (χ0v) is 14.8. The van der Waals surface area contributed by atoms with Crippen molar-refractivity contribution in [1.82, 2.24) is 9.97 Å². The highest BCUT2D eigenvalue weighted by molar-refractivity contribution is 6.31. The Bertz CT molecular complexity index is 944. The van der Waals surface area contributed by atoms with Gasteiger partial charge in [-0.05, 0) is 30.2 Å². The summed E-state index contributed by atoms with van der Waals surface area (Å²) in [5.41, 5.74) is 1.92. The van der Waals surface area contributed by atoms with Crippen LogP contribution in [0.4, 0.5) is 11.6 Å². The summed E-state index contributed by atoms with van der Waals surface area (Å²) in [7, 11) is 0. The highest BCUT2D eigenvalue weighted by Gasteiger charge is 2.10. The number of aromatic nitrogens is 2. The SMILES string of the molecule is Cc1c(Cl)cccc1Nc1nc(OCC(O)c2ccccc2)cc(=O)[nH]1. The molecule has 0 aliphatic carbocycles. The molecule has 3 aromatic rings. The molecular formula is C19H18ClN3O3. The average Bonchev–Trinajstić information content (AvgIpc) is 2.64. The number of aromatic amines is 1. The highest BCUT2D eigenvalue weighted by atomic mass is 35.5. The molecule has 134 valence electrons. The molecule has 0 amide bonds. The Hall–Kier alpha value is -2.83. The third-order valence-corrected chi connectivity index (χ3v) is 4.22. The molecule has 6 nitrogen and oxygen atoms in total. The Morgan fingerprint density at radius 1 is 1.23 bits per heavy atom. The summed E-state index contributed by atoms with van der Waals surface area (Å²) in [6.45, 7) is 1.84. The average molecular weight is 372 g/mol. The van der Waals surface area contributed by atoms with Crippen LogP contribution in [0.1, 0.15) is 17.2 Å². The fraction of sp³-hybridized carbons (Fsp3) is 0.158. The van der Waals surface area contributed by atoms with Crippen LogP contribution in [-0.4, -0.2) is 21.7 Å². The topological polar surface area (TPSA) is 87.2 Å².